The molecule has 0 N–H and O–H groups in total. The minimum absolute atomic E-state index is 0.0115. The predicted octanol–water partition coefficient (Wildman–Crippen LogP) is 3.61. The molecule has 8 heteroatoms. The molecular formula is C21H28N2O6. The number of methoxy groups -OCH3 is 2. The lowest BCUT2D eigenvalue weighted by atomic mass is 9.78. The van der Waals surface area contributed by atoms with Gasteiger partial charge < -0.3 is 14.4 Å². The second-order valence-corrected chi connectivity index (χ2v) is 7.79. The molecule has 1 saturated heterocycles. The number of ether oxygens (including phenoxy) is 2. The van der Waals surface area contributed by atoms with E-state index < -0.39 is 10.8 Å². The molecule has 2 aliphatic rings. The summed E-state index contributed by atoms with van der Waals surface area (Å²) >= 11 is 0. The monoisotopic (exact) mass is 404 g/mol. The van der Waals surface area contributed by atoms with Crippen LogP contribution < -0.4 is 9.47 Å². The number of amides is 1. The van der Waals surface area contributed by atoms with Gasteiger partial charge in [-0.25, -0.2) is 0 Å². The highest BCUT2D eigenvalue weighted by Gasteiger charge is 2.34. The van der Waals surface area contributed by atoms with Gasteiger partial charge in [0, 0.05) is 31.0 Å². The highest BCUT2D eigenvalue weighted by molar-refractivity contribution is 5.99. The Hall–Kier alpha value is -2.64. The van der Waals surface area contributed by atoms with Gasteiger partial charge in [0.2, 0.25) is 0 Å². The number of Topliss-reactive ketones (excluding diaryl/α,β-unsaturated/α-hetero) is 1. The van der Waals surface area contributed by atoms with E-state index in [9.17, 15) is 19.7 Å². The third-order valence-corrected chi connectivity index (χ3v) is 6.12. The van der Waals surface area contributed by atoms with Crippen molar-refractivity contribution in [3.8, 4) is 11.5 Å². The molecule has 8 nitrogen and oxygen atoms in total. The first-order chi connectivity index (χ1) is 14.0. The van der Waals surface area contributed by atoms with Crippen molar-refractivity contribution in [1.82, 2.24) is 4.90 Å². The van der Waals surface area contributed by atoms with Crippen molar-refractivity contribution in [1.29, 1.82) is 0 Å². The summed E-state index contributed by atoms with van der Waals surface area (Å²) in [6.07, 6.45) is 6.64. The van der Waals surface area contributed by atoms with Crippen LogP contribution in [0.25, 0.3) is 0 Å². The number of hydrogen-bond acceptors (Lipinski definition) is 6. The van der Waals surface area contributed by atoms with E-state index in [4.69, 9.17) is 9.47 Å². The number of nitro groups is 1. The van der Waals surface area contributed by atoms with Crippen LogP contribution in [0.1, 0.15) is 55.3 Å². The summed E-state index contributed by atoms with van der Waals surface area (Å²) in [5, 5.41) is 11.5. The Bertz CT molecular complexity index is 780. The minimum Gasteiger partial charge on any atom is -0.493 e. The molecule has 1 saturated carbocycles. The third kappa shape index (κ3) is 4.52. The molecule has 1 heterocycles. The molecule has 0 spiro atoms. The number of benzene rings is 1. The Balaban J connectivity index is 1.72. The fraction of sp³-hybridized carbons (Fsp3) is 0.619. The van der Waals surface area contributed by atoms with Crippen molar-refractivity contribution in [2.45, 2.75) is 44.9 Å². The molecule has 0 atom stereocenters. The zero-order chi connectivity index (χ0) is 21.0. The van der Waals surface area contributed by atoms with Gasteiger partial charge in [-0.05, 0) is 25.7 Å². The van der Waals surface area contributed by atoms with Crippen LogP contribution in [0.4, 0.5) is 5.69 Å². The Kier molecular flexibility index (Phi) is 6.71. The first-order valence-electron chi connectivity index (χ1n) is 10.2. The summed E-state index contributed by atoms with van der Waals surface area (Å²) in [6.45, 7) is 0.848. The fourth-order valence-electron chi connectivity index (χ4n) is 4.45. The fourth-order valence-corrected chi connectivity index (χ4v) is 4.45. The number of carbonyl (C=O) groups is 2. The van der Waals surface area contributed by atoms with Crippen LogP contribution in [-0.4, -0.2) is 48.8 Å². The van der Waals surface area contributed by atoms with E-state index in [1.807, 2.05) is 0 Å². The largest absolute Gasteiger partial charge is 0.493 e. The molecule has 158 valence electrons. The van der Waals surface area contributed by atoms with Crippen LogP contribution >= 0.6 is 0 Å². The predicted molar refractivity (Wildman–Crippen MR) is 106 cm³/mol. The number of ketones is 1. The average molecular weight is 404 g/mol. The van der Waals surface area contributed by atoms with E-state index in [1.165, 1.54) is 32.8 Å². The van der Waals surface area contributed by atoms with Gasteiger partial charge in [0.05, 0.1) is 25.2 Å². The lowest BCUT2D eigenvalue weighted by Gasteiger charge is -2.33. The second kappa shape index (κ2) is 9.24. The molecule has 1 aliphatic heterocycles. The van der Waals surface area contributed by atoms with Crippen molar-refractivity contribution >= 4 is 17.4 Å². The number of rotatable bonds is 6. The van der Waals surface area contributed by atoms with E-state index in [-0.39, 0.29) is 34.6 Å². The summed E-state index contributed by atoms with van der Waals surface area (Å²) in [6, 6.07) is 2.57. The first kappa shape index (κ1) is 21.1. The summed E-state index contributed by atoms with van der Waals surface area (Å²) in [7, 11) is 2.80. The standard InChI is InChI=1S/C21H28N2O6/c1-28-18-12-16(17(23(26)27)13-19(18)29-2)21(25)22-10-8-15(9-11-22)20(24)14-6-4-3-5-7-14/h12-15H,3-11H2,1-2H3. The highest BCUT2D eigenvalue weighted by Crippen LogP contribution is 2.36. The molecule has 1 aromatic carbocycles. The molecule has 2 fully saturated rings. The summed E-state index contributed by atoms with van der Waals surface area (Å²) in [5.74, 6) is 0.553. The maximum Gasteiger partial charge on any atom is 0.286 e. The molecule has 29 heavy (non-hydrogen) atoms. The van der Waals surface area contributed by atoms with Crippen molar-refractivity contribution in [2.75, 3.05) is 27.3 Å². The van der Waals surface area contributed by atoms with Crippen LogP contribution in [0.2, 0.25) is 0 Å². The molecule has 3 rings (SSSR count). The van der Waals surface area contributed by atoms with E-state index in [0.29, 0.717) is 31.7 Å². The van der Waals surface area contributed by atoms with Crippen molar-refractivity contribution in [3.05, 3.63) is 27.8 Å². The average Bonchev–Trinajstić information content (AvgIpc) is 2.77. The summed E-state index contributed by atoms with van der Waals surface area (Å²) in [4.78, 5) is 38.3. The highest BCUT2D eigenvalue weighted by atomic mass is 16.6. The Morgan fingerprint density at radius 1 is 0.966 bits per heavy atom. The van der Waals surface area contributed by atoms with Crippen LogP contribution in [0.3, 0.4) is 0 Å². The van der Waals surface area contributed by atoms with Crippen LogP contribution in [0.15, 0.2) is 12.1 Å². The number of carbonyl (C=O) groups excluding carboxylic acids is 2. The lowest BCUT2D eigenvalue weighted by molar-refractivity contribution is -0.385. The van der Waals surface area contributed by atoms with Gasteiger partial charge in [-0.3, -0.25) is 19.7 Å². The Morgan fingerprint density at radius 3 is 2.07 bits per heavy atom. The van der Waals surface area contributed by atoms with Gasteiger partial charge in [-0.2, -0.15) is 0 Å². The smallest absolute Gasteiger partial charge is 0.286 e. The molecule has 1 aromatic rings. The molecule has 0 bridgehead atoms. The molecule has 1 aliphatic carbocycles. The van der Waals surface area contributed by atoms with Gasteiger partial charge in [-0.1, -0.05) is 19.3 Å². The van der Waals surface area contributed by atoms with Gasteiger partial charge in [0.25, 0.3) is 11.6 Å². The molecule has 0 radical (unpaired) electrons. The molecule has 1 amide bonds. The van der Waals surface area contributed by atoms with Gasteiger partial charge in [0.15, 0.2) is 11.5 Å². The van der Waals surface area contributed by atoms with E-state index in [0.717, 1.165) is 25.7 Å². The Labute approximate surface area is 170 Å². The summed E-state index contributed by atoms with van der Waals surface area (Å²) < 4.78 is 10.3. The van der Waals surface area contributed by atoms with Crippen LogP contribution in [0, 0.1) is 22.0 Å². The normalized spacial score (nSPS) is 18.3. The van der Waals surface area contributed by atoms with Crippen LogP contribution in [0.5, 0.6) is 11.5 Å². The molecular weight excluding hydrogens is 376 g/mol. The number of likely N-dealkylation sites (tertiary alicyclic amines) is 1. The number of nitrogens with zero attached hydrogens (tertiary/aromatic N) is 2. The number of hydrogen-bond donors (Lipinski definition) is 0. The molecule has 0 aromatic heterocycles. The van der Waals surface area contributed by atoms with E-state index in [2.05, 4.69) is 0 Å². The maximum atomic E-state index is 13.0. The van der Waals surface area contributed by atoms with Gasteiger partial charge >= 0.3 is 0 Å². The second-order valence-electron chi connectivity index (χ2n) is 7.79. The van der Waals surface area contributed by atoms with Crippen molar-refractivity contribution in [3.63, 3.8) is 0 Å². The first-order valence-corrected chi connectivity index (χ1v) is 10.2. The lowest BCUT2D eigenvalue weighted by Crippen LogP contribution is -2.41. The van der Waals surface area contributed by atoms with Crippen LogP contribution in [-0.2, 0) is 4.79 Å². The minimum atomic E-state index is -0.589. The zero-order valence-electron chi connectivity index (χ0n) is 17.0. The third-order valence-electron chi connectivity index (χ3n) is 6.12. The van der Waals surface area contributed by atoms with E-state index >= 15 is 0 Å². The molecule has 0 unspecified atom stereocenters. The van der Waals surface area contributed by atoms with Crippen molar-refractivity contribution < 1.29 is 24.0 Å². The van der Waals surface area contributed by atoms with E-state index in [1.54, 1.807) is 4.90 Å². The number of piperidine rings is 1. The number of nitro benzene ring substituents is 1. The zero-order valence-corrected chi connectivity index (χ0v) is 17.0. The maximum absolute atomic E-state index is 13.0. The summed E-state index contributed by atoms with van der Waals surface area (Å²) in [5.41, 5.74) is -0.335. The Morgan fingerprint density at radius 2 is 1.52 bits per heavy atom. The van der Waals surface area contributed by atoms with Gasteiger partial charge in [0.1, 0.15) is 11.3 Å². The quantitative estimate of drug-likeness (QED) is 0.530. The topological polar surface area (TPSA) is 99.0 Å². The SMILES string of the molecule is COc1cc(C(=O)N2CCC(C(=O)C3CCCCC3)CC2)c([N+](=O)[O-])cc1OC. The van der Waals surface area contributed by atoms with Gasteiger partial charge in [-0.15, -0.1) is 0 Å². The van der Waals surface area contributed by atoms with Crippen molar-refractivity contribution in [2.24, 2.45) is 11.8 Å².